The predicted molar refractivity (Wildman–Crippen MR) is 69.4 cm³/mol. The smallest absolute Gasteiger partial charge is 0.163 e. The molecule has 0 saturated heterocycles. The molecule has 0 spiro atoms. The van der Waals surface area contributed by atoms with Crippen molar-refractivity contribution in [2.45, 2.75) is 23.3 Å². The van der Waals surface area contributed by atoms with Gasteiger partial charge in [0.05, 0.1) is 0 Å². The highest BCUT2D eigenvalue weighted by molar-refractivity contribution is 7.99. The van der Waals surface area contributed by atoms with Crippen LogP contribution in [-0.4, -0.2) is 10.8 Å². The van der Waals surface area contributed by atoms with Crippen LogP contribution in [0.5, 0.6) is 0 Å². The van der Waals surface area contributed by atoms with E-state index in [9.17, 15) is 4.79 Å². The minimum absolute atomic E-state index is 0.170. The van der Waals surface area contributed by atoms with E-state index >= 15 is 0 Å². The number of carbonyl (C=O) groups excluding carboxylic acids is 1. The van der Waals surface area contributed by atoms with Gasteiger partial charge in [-0.15, -0.1) is 0 Å². The van der Waals surface area contributed by atoms with Crippen LogP contribution >= 0.6 is 11.8 Å². The summed E-state index contributed by atoms with van der Waals surface area (Å²) < 4.78 is 0. The zero-order chi connectivity index (χ0) is 12.1. The molecule has 2 nitrogen and oxygen atoms in total. The molecule has 2 aromatic rings. The summed E-state index contributed by atoms with van der Waals surface area (Å²) in [5.74, 6) is 0.170. The van der Waals surface area contributed by atoms with Crippen molar-refractivity contribution in [2.75, 3.05) is 0 Å². The zero-order valence-corrected chi connectivity index (χ0v) is 10.4. The summed E-state index contributed by atoms with van der Waals surface area (Å²) in [6.45, 7) is 1.88. The van der Waals surface area contributed by atoms with Crippen molar-refractivity contribution in [3.63, 3.8) is 0 Å². The summed E-state index contributed by atoms with van der Waals surface area (Å²) >= 11 is 1.53. The largest absolute Gasteiger partial charge is 0.294 e. The molecule has 0 bridgehead atoms. The quantitative estimate of drug-likeness (QED) is 0.764. The number of carbonyl (C=O) groups is 1. The lowest BCUT2D eigenvalue weighted by molar-refractivity contribution is 0.0985. The highest BCUT2D eigenvalue weighted by Crippen LogP contribution is 2.29. The molecule has 0 aliphatic rings. The molecule has 86 valence electrons. The molecule has 0 atom stereocenters. The number of hydrogen-bond donors (Lipinski definition) is 0. The molecule has 1 aromatic heterocycles. The SMILES string of the molecule is CCC(=O)c1ccccc1Sc1ccccn1. The van der Waals surface area contributed by atoms with Crippen LogP contribution in [0.4, 0.5) is 0 Å². The van der Waals surface area contributed by atoms with Crippen LogP contribution in [0.2, 0.25) is 0 Å². The number of rotatable bonds is 4. The lowest BCUT2D eigenvalue weighted by atomic mass is 10.1. The molecule has 0 radical (unpaired) electrons. The van der Waals surface area contributed by atoms with Gasteiger partial charge in [0.2, 0.25) is 0 Å². The number of benzene rings is 1. The lowest BCUT2D eigenvalue weighted by Gasteiger charge is -2.06. The van der Waals surface area contributed by atoms with E-state index in [-0.39, 0.29) is 5.78 Å². The van der Waals surface area contributed by atoms with Crippen LogP contribution in [-0.2, 0) is 0 Å². The number of pyridine rings is 1. The van der Waals surface area contributed by atoms with E-state index in [0.29, 0.717) is 6.42 Å². The highest BCUT2D eigenvalue weighted by Gasteiger charge is 2.10. The van der Waals surface area contributed by atoms with Gasteiger partial charge in [-0.1, -0.05) is 43.0 Å². The van der Waals surface area contributed by atoms with E-state index in [1.54, 1.807) is 6.20 Å². The molecule has 2 rings (SSSR count). The Kier molecular flexibility index (Phi) is 3.94. The second-order valence-corrected chi connectivity index (χ2v) is 4.61. The van der Waals surface area contributed by atoms with E-state index in [0.717, 1.165) is 15.5 Å². The van der Waals surface area contributed by atoms with Crippen molar-refractivity contribution in [1.29, 1.82) is 0 Å². The number of hydrogen-bond acceptors (Lipinski definition) is 3. The Bertz CT molecular complexity index is 511. The summed E-state index contributed by atoms with van der Waals surface area (Å²) in [5, 5.41) is 0.906. The Hall–Kier alpha value is -1.61. The molecular formula is C14H13NOS. The van der Waals surface area contributed by atoms with Crippen LogP contribution in [0.15, 0.2) is 58.6 Å². The molecule has 0 aliphatic carbocycles. The third-order valence-corrected chi connectivity index (χ3v) is 3.39. The van der Waals surface area contributed by atoms with Crippen LogP contribution in [0.1, 0.15) is 23.7 Å². The standard InChI is InChI=1S/C14H13NOS/c1-2-12(16)11-7-3-4-8-13(11)17-14-9-5-6-10-15-14/h3-10H,2H2,1H3. The Morgan fingerprint density at radius 3 is 2.65 bits per heavy atom. The van der Waals surface area contributed by atoms with Crippen molar-refractivity contribution in [3.8, 4) is 0 Å². The molecule has 0 saturated carbocycles. The first-order valence-corrected chi connectivity index (χ1v) is 6.34. The first kappa shape index (κ1) is 11.9. The minimum Gasteiger partial charge on any atom is -0.294 e. The summed E-state index contributed by atoms with van der Waals surface area (Å²) in [7, 11) is 0. The van der Waals surface area contributed by atoms with Crippen molar-refractivity contribution in [3.05, 3.63) is 54.2 Å². The third-order valence-electron chi connectivity index (χ3n) is 2.36. The molecule has 0 fully saturated rings. The maximum atomic E-state index is 11.8. The van der Waals surface area contributed by atoms with Gasteiger partial charge in [-0.05, 0) is 18.2 Å². The van der Waals surface area contributed by atoms with E-state index in [1.807, 2.05) is 49.4 Å². The third kappa shape index (κ3) is 2.94. The topological polar surface area (TPSA) is 30.0 Å². The van der Waals surface area contributed by atoms with Crippen molar-refractivity contribution in [2.24, 2.45) is 0 Å². The molecule has 1 heterocycles. The van der Waals surface area contributed by atoms with Crippen molar-refractivity contribution in [1.82, 2.24) is 4.98 Å². The molecule has 17 heavy (non-hydrogen) atoms. The van der Waals surface area contributed by atoms with E-state index in [2.05, 4.69) is 4.98 Å². The Labute approximate surface area is 105 Å². The molecule has 0 N–H and O–H groups in total. The zero-order valence-electron chi connectivity index (χ0n) is 9.59. The molecule has 0 amide bonds. The van der Waals surface area contributed by atoms with E-state index < -0.39 is 0 Å². The number of Topliss-reactive ketones (excluding diaryl/α,β-unsaturated/α-hetero) is 1. The van der Waals surface area contributed by atoms with Gasteiger partial charge in [0.1, 0.15) is 5.03 Å². The summed E-state index contributed by atoms with van der Waals surface area (Å²) in [6.07, 6.45) is 2.28. The molecule has 1 aromatic carbocycles. The highest BCUT2D eigenvalue weighted by atomic mass is 32.2. The van der Waals surface area contributed by atoms with Gasteiger partial charge >= 0.3 is 0 Å². The average Bonchev–Trinajstić information content (AvgIpc) is 2.40. The molecule has 0 unspecified atom stereocenters. The predicted octanol–water partition coefficient (Wildman–Crippen LogP) is 3.83. The Morgan fingerprint density at radius 1 is 1.18 bits per heavy atom. The van der Waals surface area contributed by atoms with Crippen molar-refractivity contribution >= 4 is 17.5 Å². The van der Waals surface area contributed by atoms with E-state index in [4.69, 9.17) is 0 Å². The fourth-order valence-corrected chi connectivity index (χ4v) is 2.42. The lowest BCUT2D eigenvalue weighted by Crippen LogP contribution is -1.98. The van der Waals surface area contributed by atoms with Gasteiger partial charge in [-0.3, -0.25) is 4.79 Å². The Balaban J connectivity index is 2.30. The van der Waals surface area contributed by atoms with Gasteiger partial charge in [0, 0.05) is 23.1 Å². The molecular weight excluding hydrogens is 230 g/mol. The number of ketones is 1. The first-order valence-electron chi connectivity index (χ1n) is 5.52. The van der Waals surface area contributed by atoms with Crippen LogP contribution in [0.3, 0.4) is 0 Å². The normalized spacial score (nSPS) is 10.2. The minimum atomic E-state index is 0.170. The maximum absolute atomic E-state index is 11.8. The van der Waals surface area contributed by atoms with Crippen LogP contribution in [0, 0.1) is 0 Å². The Morgan fingerprint density at radius 2 is 1.94 bits per heavy atom. The number of nitrogens with zero attached hydrogens (tertiary/aromatic N) is 1. The van der Waals surface area contributed by atoms with E-state index in [1.165, 1.54) is 11.8 Å². The molecule has 3 heteroatoms. The second-order valence-electron chi connectivity index (χ2n) is 3.54. The monoisotopic (exact) mass is 243 g/mol. The van der Waals surface area contributed by atoms with Gasteiger partial charge in [-0.25, -0.2) is 4.98 Å². The van der Waals surface area contributed by atoms with Crippen molar-refractivity contribution < 1.29 is 4.79 Å². The number of aromatic nitrogens is 1. The average molecular weight is 243 g/mol. The fourth-order valence-electron chi connectivity index (χ4n) is 1.50. The van der Waals surface area contributed by atoms with Gasteiger partial charge in [-0.2, -0.15) is 0 Å². The maximum Gasteiger partial charge on any atom is 0.163 e. The summed E-state index contributed by atoms with van der Waals surface area (Å²) in [6, 6.07) is 13.4. The van der Waals surface area contributed by atoms with Gasteiger partial charge < -0.3 is 0 Å². The second kappa shape index (κ2) is 5.64. The first-order chi connectivity index (χ1) is 8.31. The fraction of sp³-hybridized carbons (Fsp3) is 0.143. The van der Waals surface area contributed by atoms with Crippen LogP contribution in [0.25, 0.3) is 0 Å². The summed E-state index contributed by atoms with van der Waals surface area (Å²) in [5.41, 5.74) is 0.783. The van der Waals surface area contributed by atoms with Gasteiger partial charge in [0.25, 0.3) is 0 Å². The summed E-state index contributed by atoms with van der Waals surface area (Å²) in [4.78, 5) is 17.0. The van der Waals surface area contributed by atoms with Gasteiger partial charge in [0.15, 0.2) is 5.78 Å². The van der Waals surface area contributed by atoms with Crippen LogP contribution < -0.4 is 0 Å². The molecule has 0 aliphatic heterocycles.